The second-order valence-electron chi connectivity index (χ2n) is 4.08. The highest BCUT2D eigenvalue weighted by molar-refractivity contribution is 7.18. The Labute approximate surface area is 115 Å². The third kappa shape index (κ3) is 2.33. The van der Waals surface area contributed by atoms with Gasteiger partial charge in [-0.25, -0.2) is 4.98 Å². The molecule has 2 aromatic carbocycles. The standard InChI is InChI=1S/C16H11NOS/c18-11-14-15(12-7-3-1-4-8-12)19-16(17-14)13-9-5-2-6-10-13/h1-11H. The average molecular weight is 265 g/mol. The van der Waals surface area contributed by atoms with Crippen LogP contribution in [0.1, 0.15) is 10.5 Å². The number of carbonyl (C=O) groups is 1. The van der Waals surface area contributed by atoms with Crippen LogP contribution in [0.3, 0.4) is 0 Å². The number of carbonyl (C=O) groups excluding carboxylic acids is 1. The summed E-state index contributed by atoms with van der Waals surface area (Å²) < 4.78 is 0. The molecule has 0 radical (unpaired) electrons. The highest BCUT2D eigenvalue weighted by atomic mass is 32.1. The molecular formula is C16H11NOS. The first-order valence-electron chi connectivity index (χ1n) is 5.95. The van der Waals surface area contributed by atoms with E-state index in [2.05, 4.69) is 4.98 Å². The summed E-state index contributed by atoms with van der Waals surface area (Å²) in [7, 11) is 0. The second kappa shape index (κ2) is 5.16. The molecule has 0 amide bonds. The normalized spacial score (nSPS) is 10.3. The van der Waals surface area contributed by atoms with Gasteiger partial charge in [-0.05, 0) is 5.56 Å². The van der Waals surface area contributed by atoms with Crippen LogP contribution in [-0.4, -0.2) is 11.3 Å². The number of aromatic nitrogens is 1. The van der Waals surface area contributed by atoms with Gasteiger partial charge in [0.25, 0.3) is 0 Å². The molecule has 1 aromatic heterocycles. The molecule has 0 N–H and O–H groups in total. The van der Waals surface area contributed by atoms with Crippen molar-refractivity contribution in [2.75, 3.05) is 0 Å². The lowest BCUT2D eigenvalue weighted by Gasteiger charge is -1.96. The molecule has 2 nitrogen and oxygen atoms in total. The van der Waals surface area contributed by atoms with Gasteiger partial charge in [0, 0.05) is 5.56 Å². The molecule has 1 heterocycles. The molecule has 0 aliphatic rings. The topological polar surface area (TPSA) is 30.0 Å². The summed E-state index contributed by atoms with van der Waals surface area (Å²) in [5.74, 6) is 0. The number of rotatable bonds is 3. The van der Waals surface area contributed by atoms with Gasteiger partial charge in [0.1, 0.15) is 10.7 Å². The first kappa shape index (κ1) is 11.8. The van der Waals surface area contributed by atoms with E-state index in [0.717, 1.165) is 27.3 Å². The molecule has 0 saturated heterocycles. The lowest BCUT2D eigenvalue weighted by atomic mass is 10.2. The monoisotopic (exact) mass is 265 g/mol. The van der Waals surface area contributed by atoms with E-state index in [-0.39, 0.29) is 0 Å². The number of benzene rings is 2. The first-order chi connectivity index (χ1) is 9.38. The lowest BCUT2D eigenvalue weighted by Crippen LogP contribution is -1.83. The van der Waals surface area contributed by atoms with Crippen molar-refractivity contribution in [3.05, 3.63) is 66.4 Å². The van der Waals surface area contributed by atoms with E-state index in [1.165, 1.54) is 0 Å². The van der Waals surface area contributed by atoms with E-state index in [1.54, 1.807) is 11.3 Å². The van der Waals surface area contributed by atoms with Crippen LogP contribution in [-0.2, 0) is 0 Å². The van der Waals surface area contributed by atoms with E-state index < -0.39 is 0 Å². The van der Waals surface area contributed by atoms with Crippen LogP contribution in [0, 0.1) is 0 Å². The largest absolute Gasteiger partial charge is 0.296 e. The van der Waals surface area contributed by atoms with E-state index in [1.807, 2.05) is 60.7 Å². The van der Waals surface area contributed by atoms with Gasteiger partial charge >= 0.3 is 0 Å². The lowest BCUT2D eigenvalue weighted by molar-refractivity contribution is 0.112. The van der Waals surface area contributed by atoms with Gasteiger partial charge in [0.05, 0.1) is 4.88 Å². The summed E-state index contributed by atoms with van der Waals surface area (Å²) in [5, 5.41) is 0.876. The Balaban J connectivity index is 2.12. The maximum Gasteiger partial charge on any atom is 0.169 e. The quantitative estimate of drug-likeness (QED) is 0.661. The van der Waals surface area contributed by atoms with Crippen LogP contribution in [0.4, 0.5) is 0 Å². The minimum atomic E-state index is 0.509. The fraction of sp³-hybridized carbons (Fsp3) is 0. The Morgan fingerprint density at radius 2 is 1.42 bits per heavy atom. The molecule has 0 aliphatic heterocycles. The molecule has 3 aromatic rings. The van der Waals surface area contributed by atoms with Gasteiger partial charge in [-0.15, -0.1) is 11.3 Å². The number of thiazole rings is 1. The predicted octanol–water partition coefficient (Wildman–Crippen LogP) is 4.29. The van der Waals surface area contributed by atoms with Gasteiger partial charge in [-0.3, -0.25) is 4.79 Å². The molecule has 0 saturated carbocycles. The van der Waals surface area contributed by atoms with Crippen LogP contribution in [0.25, 0.3) is 21.0 Å². The molecular weight excluding hydrogens is 254 g/mol. The fourth-order valence-corrected chi connectivity index (χ4v) is 2.96. The summed E-state index contributed by atoms with van der Waals surface area (Å²) in [4.78, 5) is 16.5. The van der Waals surface area contributed by atoms with Crippen LogP contribution in [0.15, 0.2) is 60.7 Å². The Kier molecular flexibility index (Phi) is 3.21. The van der Waals surface area contributed by atoms with Crippen molar-refractivity contribution in [1.82, 2.24) is 4.98 Å². The van der Waals surface area contributed by atoms with Gasteiger partial charge in [0.15, 0.2) is 6.29 Å². The van der Waals surface area contributed by atoms with Gasteiger partial charge in [-0.2, -0.15) is 0 Å². The zero-order valence-corrected chi connectivity index (χ0v) is 10.9. The van der Waals surface area contributed by atoms with Crippen molar-refractivity contribution in [2.45, 2.75) is 0 Å². The maximum absolute atomic E-state index is 11.2. The minimum Gasteiger partial charge on any atom is -0.296 e. The third-order valence-electron chi connectivity index (χ3n) is 2.82. The van der Waals surface area contributed by atoms with Crippen molar-refractivity contribution < 1.29 is 4.79 Å². The number of nitrogens with zero attached hydrogens (tertiary/aromatic N) is 1. The number of hydrogen-bond donors (Lipinski definition) is 0. The Morgan fingerprint density at radius 1 is 0.842 bits per heavy atom. The smallest absolute Gasteiger partial charge is 0.169 e. The Morgan fingerprint density at radius 3 is 2.00 bits per heavy atom. The molecule has 0 aliphatic carbocycles. The third-order valence-corrected chi connectivity index (χ3v) is 3.99. The van der Waals surface area contributed by atoms with Crippen molar-refractivity contribution in [3.63, 3.8) is 0 Å². The molecule has 0 fully saturated rings. The number of hydrogen-bond acceptors (Lipinski definition) is 3. The van der Waals surface area contributed by atoms with Crippen molar-refractivity contribution in [3.8, 4) is 21.0 Å². The summed E-state index contributed by atoms with van der Waals surface area (Å²) in [6, 6.07) is 19.8. The van der Waals surface area contributed by atoms with Crippen LogP contribution in [0.5, 0.6) is 0 Å². The highest BCUT2D eigenvalue weighted by Crippen LogP contribution is 2.34. The zero-order valence-electron chi connectivity index (χ0n) is 10.1. The van der Waals surface area contributed by atoms with Crippen molar-refractivity contribution in [2.24, 2.45) is 0 Å². The van der Waals surface area contributed by atoms with Gasteiger partial charge in [0.2, 0.25) is 0 Å². The molecule has 92 valence electrons. The molecule has 0 spiro atoms. The molecule has 0 atom stereocenters. The highest BCUT2D eigenvalue weighted by Gasteiger charge is 2.13. The first-order valence-corrected chi connectivity index (χ1v) is 6.77. The molecule has 0 bridgehead atoms. The summed E-state index contributed by atoms with van der Waals surface area (Å²) in [6.07, 6.45) is 0.825. The van der Waals surface area contributed by atoms with E-state index in [0.29, 0.717) is 5.69 Å². The molecule has 19 heavy (non-hydrogen) atoms. The summed E-state index contributed by atoms with van der Waals surface area (Å²) in [5.41, 5.74) is 2.58. The van der Waals surface area contributed by atoms with Crippen LogP contribution in [0.2, 0.25) is 0 Å². The Hall–Kier alpha value is -2.26. The number of aldehydes is 1. The van der Waals surface area contributed by atoms with Crippen molar-refractivity contribution >= 4 is 17.6 Å². The van der Waals surface area contributed by atoms with Crippen LogP contribution >= 0.6 is 11.3 Å². The molecule has 3 heteroatoms. The van der Waals surface area contributed by atoms with E-state index in [9.17, 15) is 4.79 Å². The summed E-state index contributed by atoms with van der Waals surface area (Å²) in [6.45, 7) is 0. The van der Waals surface area contributed by atoms with Crippen LogP contribution < -0.4 is 0 Å². The average Bonchev–Trinajstić information content (AvgIpc) is 2.93. The molecule has 0 unspecified atom stereocenters. The Bertz CT molecular complexity index is 689. The molecule has 3 rings (SSSR count). The zero-order chi connectivity index (χ0) is 13.1. The maximum atomic E-state index is 11.2. The minimum absolute atomic E-state index is 0.509. The SMILES string of the molecule is O=Cc1nc(-c2ccccc2)sc1-c1ccccc1. The van der Waals surface area contributed by atoms with E-state index >= 15 is 0 Å². The predicted molar refractivity (Wildman–Crippen MR) is 78.4 cm³/mol. The second-order valence-corrected chi connectivity index (χ2v) is 5.08. The summed E-state index contributed by atoms with van der Waals surface area (Å²) >= 11 is 1.55. The van der Waals surface area contributed by atoms with Gasteiger partial charge < -0.3 is 0 Å². The van der Waals surface area contributed by atoms with Crippen molar-refractivity contribution in [1.29, 1.82) is 0 Å². The van der Waals surface area contributed by atoms with E-state index in [4.69, 9.17) is 0 Å². The fourth-order valence-electron chi connectivity index (χ4n) is 1.91. The van der Waals surface area contributed by atoms with Gasteiger partial charge in [-0.1, -0.05) is 60.7 Å².